The second-order valence-corrected chi connectivity index (χ2v) is 4.84. The van der Waals surface area contributed by atoms with Crippen LogP contribution >= 0.6 is 0 Å². The van der Waals surface area contributed by atoms with Crippen LogP contribution < -0.4 is 10.6 Å². The molecule has 3 N–H and O–H groups in total. The molecule has 4 heteroatoms. The molecular formula is C16H16N2O2. The molecule has 0 atom stereocenters. The Bertz CT molecular complexity index is 653. The third-order valence-electron chi connectivity index (χ3n) is 3.54. The van der Waals surface area contributed by atoms with E-state index in [-0.39, 0.29) is 17.2 Å². The first-order valence-electron chi connectivity index (χ1n) is 6.66. The quantitative estimate of drug-likeness (QED) is 0.783. The molecule has 0 bridgehead atoms. The molecule has 1 heterocycles. The summed E-state index contributed by atoms with van der Waals surface area (Å²) in [6.45, 7) is 1.72. The molecule has 3 rings (SSSR count). The second-order valence-electron chi connectivity index (χ2n) is 4.84. The van der Waals surface area contributed by atoms with Crippen LogP contribution in [-0.2, 0) is 13.0 Å². The van der Waals surface area contributed by atoms with Crippen LogP contribution in [0.15, 0.2) is 42.5 Å². The van der Waals surface area contributed by atoms with E-state index in [1.54, 1.807) is 18.2 Å². The number of carbonyl (C=O) groups excluding carboxylic acids is 1. The summed E-state index contributed by atoms with van der Waals surface area (Å²) < 4.78 is 0. The van der Waals surface area contributed by atoms with Gasteiger partial charge in [-0.15, -0.1) is 0 Å². The Morgan fingerprint density at radius 1 is 1.15 bits per heavy atom. The molecule has 1 aliphatic heterocycles. The van der Waals surface area contributed by atoms with Gasteiger partial charge in [0, 0.05) is 12.2 Å². The Hall–Kier alpha value is -2.33. The zero-order valence-electron chi connectivity index (χ0n) is 11.0. The minimum Gasteiger partial charge on any atom is -0.507 e. The van der Waals surface area contributed by atoms with Crippen LogP contribution in [0, 0.1) is 0 Å². The van der Waals surface area contributed by atoms with E-state index in [1.165, 1.54) is 11.6 Å². The van der Waals surface area contributed by atoms with Crippen molar-refractivity contribution >= 4 is 11.6 Å². The number of phenolic OH excluding ortho intramolecular Hbond substituents is 1. The molecule has 0 radical (unpaired) electrons. The molecule has 0 aliphatic carbocycles. The van der Waals surface area contributed by atoms with E-state index in [9.17, 15) is 9.90 Å². The third-order valence-corrected chi connectivity index (χ3v) is 3.54. The number of fused-ring (bicyclic) bond motifs is 1. The van der Waals surface area contributed by atoms with Crippen LogP contribution in [-0.4, -0.2) is 17.6 Å². The molecule has 1 aliphatic rings. The average molecular weight is 268 g/mol. The van der Waals surface area contributed by atoms with Gasteiger partial charge in [-0.25, -0.2) is 0 Å². The number of amides is 1. The largest absolute Gasteiger partial charge is 0.507 e. The van der Waals surface area contributed by atoms with E-state index in [4.69, 9.17) is 0 Å². The highest BCUT2D eigenvalue weighted by Crippen LogP contribution is 2.24. The van der Waals surface area contributed by atoms with Gasteiger partial charge in [0.15, 0.2) is 0 Å². The number of aromatic hydroxyl groups is 1. The molecule has 0 aromatic heterocycles. The lowest BCUT2D eigenvalue weighted by Gasteiger charge is -2.20. The molecule has 1 amide bonds. The van der Waals surface area contributed by atoms with Crippen LogP contribution in [0.5, 0.6) is 5.75 Å². The lowest BCUT2D eigenvalue weighted by atomic mass is 9.99. The predicted octanol–water partition coefficient (Wildman–Crippen LogP) is 2.29. The second kappa shape index (κ2) is 5.35. The molecule has 0 fully saturated rings. The summed E-state index contributed by atoms with van der Waals surface area (Å²) >= 11 is 0. The molecule has 0 saturated heterocycles. The fourth-order valence-corrected chi connectivity index (χ4v) is 2.49. The SMILES string of the molecule is O=C(Nc1cccc2c1CNCC2)c1ccccc1O. The van der Waals surface area contributed by atoms with Gasteiger partial charge >= 0.3 is 0 Å². The smallest absolute Gasteiger partial charge is 0.259 e. The number of para-hydroxylation sites is 1. The van der Waals surface area contributed by atoms with Crippen molar-refractivity contribution < 1.29 is 9.90 Å². The maximum Gasteiger partial charge on any atom is 0.259 e. The van der Waals surface area contributed by atoms with E-state index in [2.05, 4.69) is 16.7 Å². The first-order valence-corrected chi connectivity index (χ1v) is 6.66. The Morgan fingerprint density at radius 2 is 2.00 bits per heavy atom. The highest BCUT2D eigenvalue weighted by Gasteiger charge is 2.16. The lowest BCUT2D eigenvalue weighted by Crippen LogP contribution is -2.25. The van der Waals surface area contributed by atoms with Gasteiger partial charge in [0.2, 0.25) is 0 Å². The van der Waals surface area contributed by atoms with Crippen LogP contribution in [0.4, 0.5) is 5.69 Å². The summed E-state index contributed by atoms with van der Waals surface area (Å²) in [5.41, 5.74) is 3.48. The van der Waals surface area contributed by atoms with Gasteiger partial charge in [-0.1, -0.05) is 24.3 Å². The van der Waals surface area contributed by atoms with Gasteiger partial charge in [0.1, 0.15) is 5.75 Å². The predicted molar refractivity (Wildman–Crippen MR) is 77.9 cm³/mol. The average Bonchev–Trinajstić information content (AvgIpc) is 2.48. The van der Waals surface area contributed by atoms with E-state index in [1.807, 2.05) is 12.1 Å². The maximum atomic E-state index is 12.2. The normalized spacial score (nSPS) is 13.6. The van der Waals surface area contributed by atoms with Gasteiger partial charge in [-0.2, -0.15) is 0 Å². The van der Waals surface area contributed by atoms with Crippen molar-refractivity contribution in [2.24, 2.45) is 0 Å². The van der Waals surface area contributed by atoms with E-state index < -0.39 is 0 Å². The van der Waals surface area contributed by atoms with Crippen molar-refractivity contribution in [2.75, 3.05) is 11.9 Å². The molecule has 2 aromatic carbocycles. The Balaban J connectivity index is 1.89. The van der Waals surface area contributed by atoms with E-state index >= 15 is 0 Å². The first kappa shape index (κ1) is 12.7. The highest BCUT2D eigenvalue weighted by molar-refractivity contribution is 6.06. The minimum absolute atomic E-state index is 0.00655. The summed E-state index contributed by atoms with van der Waals surface area (Å²) in [5, 5.41) is 15.9. The summed E-state index contributed by atoms with van der Waals surface area (Å²) in [5.74, 6) is -0.296. The number of rotatable bonds is 2. The van der Waals surface area contributed by atoms with Crippen LogP contribution in [0.25, 0.3) is 0 Å². The van der Waals surface area contributed by atoms with Crippen LogP contribution in [0.1, 0.15) is 21.5 Å². The fourth-order valence-electron chi connectivity index (χ4n) is 2.49. The third kappa shape index (κ3) is 2.38. The summed E-state index contributed by atoms with van der Waals surface area (Å²) in [4.78, 5) is 12.2. The van der Waals surface area contributed by atoms with Crippen molar-refractivity contribution in [1.29, 1.82) is 0 Å². The van der Waals surface area contributed by atoms with E-state index in [0.29, 0.717) is 0 Å². The molecular weight excluding hydrogens is 252 g/mol. The van der Waals surface area contributed by atoms with E-state index in [0.717, 1.165) is 30.8 Å². The number of nitrogens with one attached hydrogen (secondary N) is 2. The summed E-state index contributed by atoms with van der Waals surface area (Å²) in [6.07, 6.45) is 0.968. The first-order chi connectivity index (χ1) is 9.75. The fraction of sp³-hybridized carbons (Fsp3) is 0.188. The van der Waals surface area contributed by atoms with Crippen LogP contribution in [0.3, 0.4) is 0 Å². The molecule has 4 nitrogen and oxygen atoms in total. The summed E-state index contributed by atoms with van der Waals surface area (Å²) in [7, 11) is 0. The number of anilines is 1. The topological polar surface area (TPSA) is 61.4 Å². The number of phenols is 1. The minimum atomic E-state index is -0.290. The molecule has 102 valence electrons. The Morgan fingerprint density at radius 3 is 2.85 bits per heavy atom. The summed E-state index contributed by atoms with van der Waals surface area (Å²) in [6, 6.07) is 12.5. The van der Waals surface area contributed by atoms with Crippen molar-refractivity contribution in [1.82, 2.24) is 5.32 Å². The number of benzene rings is 2. The zero-order valence-corrected chi connectivity index (χ0v) is 11.0. The number of hydrogen-bond donors (Lipinski definition) is 3. The lowest BCUT2D eigenvalue weighted by molar-refractivity contribution is 0.102. The maximum absolute atomic E-state index is 12.2. The molecule has 20 heavy (non-hydrogen) atoms. The standard InChI is InChI=1S/C16H16N2O2/c19-15-7-2-1-5-12(15)16(20)18-14-6-3-4-11-8-9-17-10-13(11)14/h1-7,17,19H,8-10H2,(H,18,20). The van der Waals surface area contributed by atoms with Gasteiger partial charge in [-0.05, 0) is 42.3 Å². The van der Waals surface area contributed by atoms with Crippen molar-refractivity contribution in [3.8, 4) is 5.75 Å². The monoisotopic (exact) mass is 268 g/mol. The number of hydrogen-bond acceptors (Lipinski definition) is 3. The van der Waals surface area contributed by atoms with Crippen molar-refractivity contribution in [3.05, 3.63) is 59.2 Å². The van der Waals surface area contributed by atoms with Gasteiger partial charge < -0.3 is 15.7 Å². The Labute approximate surface area is 117 Å². The molecule has 0 unspecified atom stereocenters. The van der Waals surface area contributed by atoms with Gasteiger partial charge in [0.25, 0.3) is 5.91 Å². The highest BCUT2D eigenvalue weighted by atomic mass is 16.3. The van der Waals surface area contributed by atoms with Crippen molar-refractivity contribution in [3.63, 3.8) is 0 Å². The number of carbonyl (C=O) groups is 1. The Kier molecular flexibility index (Phi) is 3.39. The molecule has 0 saturated carbocycles. The zero-order chi connectivity index (χ0) is 13.9. The van der Waals surface area contributed by atoms with Gasteiger partial charge in [0.05, 0.1) is 5.56 Å². The van der Waals surface area contributed by atoms with Crippen LogP contribution in [0.2, 0.25) is 0 Å². The van der Waals surface area contributed by atoms with Crippen molar-refractivity contribution in [2.45, 2.75) is 13.0 Å². The molecule has 2 aromatic rings. The molecule has 0 spiro atoms. The van der Waals surface area contributed by atoms with Gasteiger partial charge in [-0.3, -0.25) is 4.79 Å².